The summed E-state index contributed by atoms with van der Waals surface area (Å²) in [4.78, 5) is 14.1. The van der Waals surface area contributed by atoms with E-state index < -0.39 is 0 Å². The second-order valence-corrected chi connectivity index (χ2v) is 5.09. The molecule has 5 heteroatoms. The Bertz CT molecular complexity index is 430. The van der Waals surface area contributed by atoms with Crippen LogP contribution in [0.2, 0.25) is 0 Å². The molecule has 5 nitrogen and oxygen atoms in total. The molecule has 1 saturated heterocycles. The molecular formula is C14H22N2O3. The van der Waals surface area contributed by atoms with E-state index in [1.807, 2.05) is 0 Å². The number of rotatable bonds is 5. The van der Waals surface area contributed by atoms with Gasteiger partial charge in [-0.3, -0.25) is 4.90 Å². The highest BCUT2D eigenvalue weighted by molar-refractivity contribution is 5.90. The van der Waals surface area contributed by atoms with Crippen molar-refractivity contribution < 1.29 is 13.9 Å². The number of esters is 1. The molecule has 0 spiro atoms. The molecule has 1 aliphatic heterocycles. The normalized spacial score (nSPS) is 23.7. The Morgan fingerprint density at radius 1 is 1.63 bits per heavy atom. The van der Waals surface area contributed by atoms with E-state index in [2.05, 4.69) is 11.8 Å². The van der Waals surface area contributed by atoms with Crippen LogP contribution >= 0.6 is 0 Å². The lowest BCUT2D eigenvalue weighted by Gasteiger charge is -2.20. The molecule has 1 aromatic rings. The number of hydrogen-bond acceptors (Lipinski definition) is 5. The zero-order valence-electron chi connectivity index (χ0n) is 11.6. The summed E-state index contributed by atoms with van der Waals surface area (Å²) in [5.41, 5.74) is 6.26. The highest BCUT2D eigenvalue weighted by Gasteiger charge is 2.30. The van der Waals surface area contributed by atoms with Crippen LogP contribution in [-0.2, 0) is 11.3 Å². The predicted molar refractivity (Wildman–Crippen MR) is 71.7 cm³/mol. The van der Waals surface area contributed by atoms with E-state index in [4.69, 9.17) is 14.9 Å². The molecule has 0 aromatic carbocycles. The quantitative estimate of drug-likeness (QED) is 0.820. The monoisotopic (exact) mass is 266 g/mol. The fraction of sp³-hybridized carbons (Fsp3) is 0.643. The Labute approximate surface area is 113 Å². The summed E-state index contributed by atoms with van der Waals surface area (Å²) in [6.45, 7) is 6.66. The van der Waals surface area contributed by atoms with Crippen LogP contribution in [0.1, 0.15) is 36.4 Å². The van der Waals surface area contributed by atoms with Gasteiger partial charge in [-0.25, -0.2) is 4.79 Å². The van der Waals surface area contributed by atoms with E-state index in [0.29, 0.717) is 43.0 Å². The van der Waals surface area contributed by atoms with Crippen molar-refractivity contribution in [1.82, 2.24) is 4.90 Å². The molecule has 2 unspecified atom stereocenters. The number of carbonyl (C=O) groups excluding carboxylic acids is 1. The molecule has 0 saturated carbocycles. The Hall–Kier alpha value is -1.33. The highest BCUT2D eigenvalue weighted by Crippen LogP contribution is 2.25. The molecule has 2 heterocycles. The minimum absolute atomic E-state index is 0.312. The minimum atomic E-state index is -0.312. The number of ether oxygens (including phenoxy) is 1. The number of hydrogen-bond donors (Lipinski definition) is 1. The molecule has 1 aromatic heterocycles. The zero-order chi connectivity index (χ0) is 13.8. The van der Waals surface area contributed by atoms with Gasteiger partial charge in [0.25, 0.3) is 0 Å². The van der Waals surface area contributed by atoms with Crippen LogP contribution in [0, 0.1) is 5.92 Å². The van der Waals surface area contributed by atoms with E-state index in [-0.39, 0.29) is 5.97 Å². The van der Waals surface area contributed by atoms with Crippen molar-refractivity contribution in [3.63, 3.8) is 0 Å². The van der Waals surface area contributed by atoms with Crippen LogP contribution in [0.4, 0.5) is 0 Å². The molecule has 2 atom stereocenters. The Balaban J connectivity index is 2.04. The van der Waals surface area contributed by atoms with Crippen molar-refractivity contribution in [1.29, 1.82) is 0 Å². The number of nitrogens with zero attached hydrogens (tertiary/aromatic N) is 1. The van der Waals surface area contributed by atoms with Crippen molar-refractivity contribution in [2.45, 2.75) is 32.9 Å². The summed E-state index contributed by atoms with van der Waals surface area (Å²) in [7, 11) is 0. The van der Waals surface area contributed by atoms with E-state index in [0.717, 1.165) is 13.0 Å². The molecule has 0 amide bonds. The minimum Gasteiger partial charge on any atom is -0.467 e. The van der Waals surface area contributed by atoms with Gasteiger partial charge in [-0.1, -0.05) is 0 Å². The third kappa shape index (κ3) is 3.16. The first-order valence-corrected chi connectivity index (χ1v) is 6.83. The Morgan fingerprint density at radius 3 is 3.05 bits per heavy atom. The summed E-state index contributed by atoms with van der Waals surface area (Å²) in [6.07, 6.45) is 2.65. The maximum Gasteiger partial charge on any atom is 0.341 e. The third-order valence-corrected chi connectivity index (χ3v) is 3.71. The summed E-state index contributed by atoms with van der Waals surface area (Å²) >= 11 is 0. The maximum absolute atomic E-state index is 11.8. The van der Waals surface area contributed by atoms with Gasteiger partial charge in [-0.2, -0.15) is 0 Å². The maximum atomic E-state index is 11.8. The van der Waals surface area contributed by atoms with Gasteiger partial charge < -0.3 is 14.9 Å². The van der Waals surface area contributed by atoms with Gasteiger partial charge in [0.2, 0.25) is 0 Å². The average molecular weight is 266 g/mol. The van der Waals surface area contributed by atoms with Crippen molar-refractivity contribution >= 4 is 5.97 Å². The van der Waals surface area contributed by atoms with Crippen LogP contribution in [0.25, 0.3) is 0 Å². The highest BCUT2D eigenvalue weighted by atomic mass is 16.5. The Kier molecular flexibility index (Phi) is 4.61. The van der Waals surface area contributed by atoms with Gasteiger partial charge >= 0.3 is 5.97 Å². The number of carbonyl (C=O) groups is 1. The summed E-state index contributed by atoms with van der Waals surface area (Å²) in [6, 6.07) is 2.14. The first kappa shape index (κ1) is 14.1. The zero-order valence-corrected chi connectivity index (χ0v) is 11.6. The molecule has 2 rings (SSSR count). The van der Waals surface area contributed by atoms with Crippen LogP contribution in [0.5, 0.6) is 0 Å². The molecule has 0 bridgehead atoms. The molecule has 1 fully saturated rings. The van der Waals surface area contributed by atoms with Crippen molar-refractivity contribution in [3.05, 3.63) is 23.7 Å². The molecule has 2 N–H and O–H groups in total. The Morgan fingerprint density at radius 2 is 2.42 bits per heavy atom. The van der Waals surface area contributed by atoms with E-state index in [1.54, 1.807) is 19.3 Å². The van der Waals surface area contributed by atoms with Gasteiger partial charge in [0.15, 0.2) is 0 Å². The van der Waals surface area contributed by atoms with Crippen LogP contribution in [0.15, 0.2) is 16.7 Å². The number of furan rings is 1. The molecule has 19 heavy (non-hydrogen) atoms. The second kappa shape index (κ2) is 6.21. The van der Waals surface area contributed by atoms with Crippen molar-refractivity contribution in [2.24, 2.45) is 11.7 Å². The first-order chi connectivity index (χ1) is 9.15. The molecule has 1 aliphatic rings. The van der Waals surface area contributed by atoms with Gasteiger partial charge in [0.1, 0.15) is 11.3 Å². The average Bonchev–Trinajstić information content (AvgIpc) is 2.98. The largest absolute Gasteiger partial charge is 0.467 e. The molecule has 0 radical (unpaired) electrons. The van der Waals surface area contributed by atoms with E-state index >= 15 is 0 Å². The van der Waals surface area contributed by atoms with Gasteiger partial charge in [-0.15, -0.1) is 0 Å². The molecule has 0 aliphatic carbocycles. The SMILES string of the molecule is CCOC(=O)c1ccoc1CN1CC(CN)CC1C. The smallest absolute Gasteiger partial charge is 0.341 e. The lowest BCUT2D eigenvalue weighted by Crippen LogP contribution is -2.28. The summed E-state index contributed by atoms with van der Waals surface area (Å²) < 4.78 is 10.5. The number of likely N-dealkylation sites (tertiary alicyclic amines) is 1. The first-order valence-electron chi connectivity index (χ1n) is 6.83. The van der Waals surface area contributed by atoms with Gasteiger partial charge in [0.05, 0.1) is 19.4 Å². The lowest BCUT2D eigenvalue weighted by atomic mass is 10.1. The molecule has 106 valence electrons. The fourth-order valence-corrected chi connectivity index (χ4v) is 2.65. The van der Waals surface area contributed by atoms with Crippen LogP contribution in [0.3, 0.4) is 0 Å². The lowest BCUT2D eigenvalue weighted by molar-refractivity contribution is 0.0521. The fourth-order valence-electron chi connectivity index (χ4n) is 2.65. The summed E-state index contributed by atoms with van der Waals surface area (Å²) in [5.74, 6) is 0.910. The topological polar surface area (TPSA) is 68.7 Å². The third-order valence-electron chi connectivity index (χ3n) is 3.71. The standard InChI is InChI=1S/C14H22N2O3/c1-3-18-14(17)12-4-5-19-13(12)9-16-8-11(7-15)6-10(16)2/h4-5,10-11H,3,6-9,15H2,1-2H3. The van der Waals surface area contributed by atoms with Crippen LogP contribution < -0.4 is 5.73 Å². The van der Waals surface area contributed by atoms with E-state index in [1.165, 1.54) is 0 Å². The van der Waals surface area contributed by atoms with Crippen molar-refractivity contribution in [3.8, 4) is 0 Å². The van der Waals surface area contributed by atoms with Crippen molar-refractivity contribution in [2.75, 3.05) is 19.7 Å². The summed E-state index contributed by atoms with van der Waals surface area (Å²) in [5, 5.41) is 0. The van der Waals surface area contributed by atoms with Crippen LogP contribution in [-0.4, -0.2) is 36.6 Å². The van der Waals surface area contributed by atoms with Gasteiger partial charge in [-0.05, 0) is 38.8 Å². The predicted octanol–water partition coefficient (Wildman–Crippen LogP) is 1.63. The van der Waals surface area contributed by atoms with E-state index in [9.17, 15) is 4.79 Å². The second-order valence-electron chi connectivity index (χ2n) is 5.09. The number of nitrogens with two attached hydrogens (primary N) is 1. The van der Waals surface area contributed by atoms with Gasteiger partial charge in [0, 0.05) is 12.6 Å². The molecular weight excluding hydrogens is 244 g/mol.